The van der Waals surface area contributed by atoms with Crippen molar-refractivity contribution in [2.75, 3.05) is 5.32 Å². The molecule has 0 aliphatic carbocycles. The van der Waals surface area contributed by atoms with Crippen molar-refractivity contribution in [3.63, 3.8) is 0 Å². The van der Waals surface area contributed by atoms with Gasteiger partial charge in [-0.25, -0.2) is 0 Å². The molecule has 0 atom stereocenters. The summed E-state index contributed by atoms with van der Waals surface area (Å²) in [5, 5.41) is 7.65. The van der Waals surface area contributed by atoms with Crippen LogP contribution in [0.2, 0.25) is 0 Å². The Kier molecular flexibility index (Phi) is 6.22. The van der Waals surface area contributed by atoms with E-state index in [0.717, 1.165) is 16.7 Å². The highest BCUT2D eigenvalue weighted by atomic mass is 16.2. The third-order valence-corrected chi connectivity index (χ3v) is 5.95. The number of benzene rings is 3. The molecule has 0 spiro atoms. The summed E-state index contributed by atoms with van der Waals surface area (Å²) in [7, 11) is 0. The van der Waals surface area contributed by atoms with E-state index in [1.165, 1.54) is 4.90 Å². The summed E-state index contributed by atoms with van der Waals surface area (Å²) in [6, 6.07) is 26.8. The topological polar surface area (TPSA) is 84.3 Å². The molecule has 0 saturated carbocycles. The van der Waals surface area contributed by atoms with Crippen molar-refractivity contribution in [1.82, 2.24) is 14.7 Å². The Hall–Kier alpha value is -4.52. The van der Waals surface area contributed by atoms with Crippen LogP contribution in [-0.4, -0.2) is 32.4 Å². The Labute approximate surface area is 203 Å². The van der Waals surface area contributed by atoms with Gasteiger partial charge < -0.3 is 5.32 Å². The molecule has 1 aromatic heterocycles. The Bertz CT molecular complexity index is 1350. The third kappa shape index (κ3) is 5.04. The largest absolute Gasteiger partial charge is 0.322 e. The normalized spacial score (nSPS) is 13.3. The average molecular weight is 465 g/mol. The lowest BCUT2D eigenvalue weighted by Crippen LogP contribution is -2.28. The maximum atomic E-state index is 13.3. The van der Waals surface area contributed by atoms with Crippen LogP contribution in [-0.2, 0) is 22.7 Å². The smallest absolute Gasteiger partial charge is 0.259 e. The van der Waals surface area contributed by atoms with Crippen LogP contribution >= 0.6 is 0 Å². The second kappa shape index (κ2) is 9.77. The zero-order valence-electron chi connectivity index (χ0n) is 19.1. The molecular weight excluding hydrogens is 440 g/mol. The monoisotopic (exact) mass is 464 g/mol. The lowest BCUT2D eigenvalue weighted by Gasteiger charge is -2.14. The van der Waals surface area contributed by atoms with Crippen molar-refractivity contribution in [2.45, 2.75) is 25.9 Å². The fourth-order valence-corrected chi connectivity index (χ4v) is 4.12. The van der Waals surface area contributed by atoms with E-state index >= 15 is 0 Å². The number of carbonyl (C=O) groups is 3. The maximum Gasteiger partial charge on any atom is 0.259 e. The Morgan fingerprint density at radius 2 is 1.37 bits per heavy atom. The summed E-state index contributed by atoms with van der Waals surface area (Å²) in [4.78, 5) is 38.3. The fourth-order valence-electron chi connectivity index (χ4n) is 4.12. The highest BCUT2D eigenvalue weighted by Crippen LogP contribution is 2.24. The van der Waals surface area contributed by atoms with Crippen molar-refractivity contribution >= 4 is 23.4 Å². The molecule has 1 aliphatic rings. The van der Waals surface area contributed by atoms with Crippen LogP contribution in [0.4, 0.5) is 5.69 Å². The first-order valence-electron chi connectivity index (χ1n) is 11.5. The van der Waals surface area contributed by atoms with Gasteiger partial charge in [-0.3, -0.25) is 24.0 Å². The Morgan fingerprint density at radius 3 is 2.03 bits per heavy atom. The standard InChI is InChI=1S/C28H24N4O3/c33-25-15-16-26(34)32(25)18-21-11-13-23(14-12-21)29-28(35)24-19-31(17-20-7-3-1-4-8-20)30-27(24)22-9-5-2-6-10-22/h1-14,19H,15-18H2,(H,29,35). The molecule has 2 heterocycles. The summed E-state index contributed by atoms with van der Waals surface area (Å²) in [6.07, 6.45) is 2.31. The minimum absolute atomic E-state index is 0.145. The van der Waals surface area contributed by atoms with Crippen LogP contribution in [0.25, 0.3) is 11.3 Å². The number of hydrogen-bond donors (Lipinski definition) is 1. The van der Waals surface area contributed by atoms with Gasteiger partial charge in [-0.05, 0) is 23.3 Å². The molecule has 1 N–H and O–H groups in total. The molecule has 0 unspecified atom stereocenters. The second-order valence-electron chi connectivity index (χ2n) is 8.47. The molecule has 4 aromatic rings. The number of carbonyl (C=O) groups excluding carboxylic acids is 3. The number of anilines is 1. The number of imide groups is 1. The molecular formula is C28H24N4O3. The van der Waals surface area contributed by atoms with Crippen LogP contribution in [0, 0.1) is 0 Å². The zero-order chi connectivity index (χ0) is 24.2. The molecule has 5 rings (SSSR count). The van der Waals surface area contributed by atoms with Gasteiger partial charge in [0, 0.05) is 30.3 Å². The Balaban J connectivity index is 1.35. The van der Waals surface area contributed by atoms with Crippen molar-refractivity contribution in [3.8, 4) is 11.3 Å². The molecule has 7 nitrogen and oxygen atoms in total. The first-order valence-corrected chi connectivity index (χ1v) is 11.5. The van der Waals surface area contributed by atoms with E-state index in [0.29, 0.717) is 23.5 Å². The van der Waals surface area contributed by atoms with Crippen molar-refractivity contribution in [1.29, 1.82) is 0 Å². The van der Waals surface area contributed by atoms with Gasteiger partial charge in [-0.15, -0.1) is 0 Å². The number of likely N-dealkylation sites (tertiary alicyclic amines) is 1. The molecule has 1 saturated heterocycles. The second-order valence-corrected chi connectivity index (χ2v) is 8.47. The molecule has 174 valence electrons. The molecule has 3 amide bonds. The number of aromatic nitrogens is 2. The van der Waals surface area contributed by atoms with E-state index < -0.39 is 0 Å². The predicted octanol–water partition coefficient (Wildman–Crippen LogP) is 4.50. The number of nitrogens with one attached hydrogen (secondary N) is 1. The van der Waals surface area contributed by atoms with Crippen molar-refractivity contribution < 1.29 is 14.4 Å². The molecule has 7 heteroatoms. The van der Waals surface area contributed by atoms with Gasteiger partial charge in [0.2, 0.25) is 11.8 Å². The summed E-state index contributed by atoms with van der Waals surface area (Å²) < 4.78 is 1.78. The zero-order valence-corrected chi connectivity index (χ0v) is 19.1. The van der Waals surface area contributed by atoms with Gasteiger partial charge >= 0.3 is 0 Å². The predicted molar refractivity (Wildman–Crippen MR) is 132 cm³/mol. The van der Waals surface area contributed by atoms with E-state index in [4.69, 9.17) is 5.10 Å². The summed E-state index contributed by atoms with van der Waals surface area (Å²) in [5.74, 6) is -0.553. The van der Waals surface area contributed by atoms with Crippen LogP contribution in [0.5, 0.6) is 0 Å². The Morgan fingerprint density at radius 1 is 0.771 bits per heavy atom. The van der Waals surface area contributed by atoms with Crippen molar-refractivity contribution in [2.24, 2.45) is 0 Å². The number of rotatable bonds is 7. The van der Waals surface area contributed by atoms with Gasteiger partial charge in [0.05, 0.1) is 18.7 Å². The van der Waals surface area contributed by atoms with E-state index in [1.54, 1.807) is 23.0 Å². The van der Waals surface area contributed by atoms with E-state index in [9.17, 15) is 14.4 Å². The van der Waals surface area contributed by atoms with Gasteiger partial charge in [0.15, 0.2) is 0 Å². The summed E-state index contributed by atoms with van der Waals surface area (Å²) >= 11 is 0. The van der Waals surface area contributed by atoms with E-state index in [-0.39, 0.29) is 37.1 Å². The average Bonchev–Trinajstić information content (AvgIpc) is 3.45. The molecule has 1 aliphatic heterocycles. The van der Waals surface area contributed by atoms with Crippen LogP contribution in [0.3, 0.4) is 0 Å². The highest BCUT2D eigenvalue weighted by molar-refractivity contribution is 6.08. The fraction of sp³-hybridized carbons (Fsp3) is 0.143. The molecule has 0 bridgehead atoms. The lowest BCUT2D eigenvalue weighted by molar-refractivity contribution is -0.139. The number of amides is 3. The summed E-state index contributed by atoms with van der Waals surface area (Å²) in [6.45, 7) is 0.799. The molecule has 0 radical (unpaired) electrons. The summed E-state index contributed by atoms with van der Waals surface area (Å²) in [5.41, 5.74) is 4.48. The highest BCUT2D eigenvalue weighted by Gasteiger charge is 2.28. The molecule has 35 heavy (non-hydrogen) atoms. The minimum Gasteiger partial charge on any atom is -0.322 e. The van der Waals surface area contributed by atoms with E-state index in [2.05, 4.69) is 5.32 Å². The first kappa shape index (κ1) is 22.3. The van der Waals surface area contributed by atoms with Crippen molar-refractivity contribution in [3.05, 3.63) is 108 Å². The van der Waals surface area contributed by atoms with Gasteiger partial charge in [-0.1, -0.05) is 72.8 Å². The number of hydrogen-bond acceptors (Lipinski definition) is 4. The van der Waals surface area contributed by atoms with Gasteiger partial charge in [0.1, 0.15) is 5.69 Å². The maximum absolute atomic E-state index is 13.3. The van der Waals surface area contributed by atoms with Crippen LogP contribution in [0.15, 0.2) is 91.1 Å². The van der Waals surface area contributed by atoms with Crippen LogP contribution in [0.1, 0.15) is 34.3 Å². The lowest BCUT2D eigenvalue weighted by atomic mass is 10.1. The van der Waals surface area contributed by atoms with Gasteiger partial charge in [0.25, 0.3) is 5.91 Å². The SMILES string of the molecule is O=C(Nc1ccc(CN2C(=O)CCC2=O)cc1)c1cn(Cc2ccccc2)nc1-c1ccccc1. The molecule has 1 fully saturated rings. The third-order valence-electron chi connectivity index (χ3n) is 5.95. The minimum atomic E-state index is -0.263. The van der Waals surface area contributed by atoms with Crippen LogP contribution < -0.4 is 5.32 Å². The number of nitrogens with zero attached hydrogens (tertiary/aromatic N) is 3. The van der Waals surface area contributed by atoms with Gasteiger partial charge in [-0.2, -0.15) is 5.10 Å². The van der Waals surface area contributed by atoms with E-state index in [1.807, 2.05) is 72.8 Å². The first-order chi connectivity index (χ1) is 17.1. The molecule has 3 aromatic carbocycles. The quantitative estimate of drug-likeness (QED) is 0.408.